The van der Waals surface area contributed by atoms with E-state index < -0.39 is 5.97 Å². The Labute approximate surface area is 207 Å². The molecule has 1 fully saturated rings. The number of nitrogens with zero attached hydrogens (tertiary/aromatic N) is 2. The van der Waals surface area contributed by atoms with Crippen LogP contribution in [0.15, 0.2) is 81.1 Å². The summed E-state index contributed by atoms with van der Waals surface area (Å²) in [6.45, 7) is 0.242. The van der Waals surface area contributed by atoms with Gasteiger partial charge in [-0.1, -0.05) is 34.1 Å². The highest BCUT2D eigenvalue weighted by Crippen LogP contribution is 2.35. The molecule has 0 atom stereocenters. The van der Waals surface area contributed by atoms with Gasteiger partial charge in [-0.05, 0) is 71.9 Å². The van der Waals surface area contributed by atoms with Crippen LogP contribution in [0.1, 0.15) is 21.5 Å². The minimum Gasteiger partial charge on any atom is -0.488 e. The lowest BCUT2D eigenvalue weighted by molar-refractivity contribution is -0.121. The Morgan fingerprint density at radius 1 is 1.18 bits per heavy atom. The van der Waals surface area contributed by atoms with Crippen molar-refractivity contribution in [2.24, 2.45) is 4.99 Å². The lowest BCUT2D eigenvalue weighted by atomic mass is 10.1. The third-order valence-corrected chi connectivity index (χ3v) is 6.44. The lowest BCUT2D eigenvalue weighted by Gasteiger charge is -2.10. The molecule has 34 heavy (non-hydrogen) atoms. The first kappa shape index (κ1) is 23.7. The van der Waals surface area contributed by atoms with Crippen LogP contribution in [0.4, 0.5) is 10.1 Å². The van der Waals surface area contributed by atoms with E-state index in [0.29, 0.717) is 27.1 Å². The largest absolute Gasteiger partial charge is 0.488 e. The molecule has 3 aromatic carbocycles. The molecule has 3 aromatic rings. The van der Waals surface area contributed by atoms with E-state index in [1.165, 1.54) is 40.9 Å². The van der Waals surface area contributed by atoms with Crippen LogP contribution in [-0.4, -0.2) is 34.1 Å². The Morgan fingerprint density at radius 3 is 2.68 bits per heavy atom. The molecule has 0 radical (unpaired) electrons. The minimum absolute atomic E-state index is 0.117. The van der Waals surface area contributed by atoms with Crippen molar-refractivity contribution in [1.29, 1.82) is 0 Å². The van der Waals surface area contributed by atoms with Crippen molar-refractivity contribution < 1.29 is 23.8 Å². The number of hydrogen-bond acceptors (Lipinski definition) is 5. The third kappa shape index (κ3) is 5.55. The van der Waals surface area contributed by atoms with Crippen LogP contribution in [0, 0.1) is 5.82 Å². The number of aliphatic imine (C=N–C) groups is 1. The van der Waals surface area contributed by atoms with Gasteiger partial charge in [-0.3, -0.25) is 9.69 Å². The van der Waals surface area contributed by atoms with Gasteiger partial charge < -0.3 is 9.84 Å². The molecule has 1 N–H and O–H groups in total. The van der Waals surface area contributed by atoms with E-state index in [-0.39, 0.29) is 23.9 Å². The van der Waals surface area contributed by atoms with Crippen LogP contribution in [-0.2, 0) is 11.4 Å². The summed E-state index contributed by atoms with van der Waals surface area (Å²) in [5, 5.41) is 9.62. The summed E-state index contributed by atoms with van der Waals surface area (Å²) in [6.07, 6.45) is 1.73. The van der Waals surface area contributed by atoms with Crippen molar-refractivity contribution in [3.63, 3.8) is 0 Å². The van der Waals surface area contributed by atoms with Crippen molar-refractivity contribution >= 4 is 56.5 Å². The molecule has 0 saturated carbocycles. The Balaban J connectivity index is 1.59. The molecule has 9 heteroatoms. The fourth-order valence-electron chi connectivity index (χ4n) is 3.12. The molecule has 0 unspecified atom stereocenters. The van der Waals surface area contributed by atoms with Gasteiger partial charge in [-0.25, -0.2) is 14.2 Å². The maximum Gasteiger partial charge on any atom is 0.335 e. The summed E-state index contributed by atoms with van der Waals surface area (Å²) >= 11 is 4.64. The number of amidine groups is 1. The highest BCUT2D eigenvalue weighted by molar-refractivity contribution is 9.10. The molecule has 1 amide bonds. The molecular formula is C25H18BrFN2O4S. The van der Waals surface area contributed by atoms with E-state index in [2.05, 4.69) is 20.9 Å². The molecular weight excluding hydrogens is 523 g/mol. The Bertz CT molecular complexity index is 1320. The Hall–Kier alpha value is -3.43. The van der Waals surface area contributed by atoms with E-state index in [4.69, 9.17) is 4.74 Å². The zero-order chi connectivity index (χ0) is 24.2. The van der Waals surface area contributed by atoms with Gasteiger partial charge in [-0.2, -0.15) is 0 Å². The van der Waals surface area contributed by atoms with Gasteiger partial charge in [0.05, 0.1) is 16.2 Å². The summed E-state index contributed by atoms with van der Waals surface area (Å²) in [6, 6.07) is 17.7. The van der Waals surface area contributed by atoms with Gasteiger partial charge in [0.2, 0.25) is 0 Å². The number of aromatic carboxylic acids is 1. The zero-order valence-electron chi connectivity index (χ0n) is 17.9. The molecule has 0 bridgehead atoms. The molecule has 0 spiro atoms. The number of carbonyl (C=O) groups excluding carboxylic acids is 1. The fraction of sp³-hybridized carbons (Fsp3) is 0.0800. The second-order valence-corrected chi connectivity index (χ2v) is 9.25. The van der Waals surface area contributed by atoms with E-state index in [1.807, 2.05) is 12.1 Å². The molecule has 6 nitrogen and oxygen atoms in total. The number of halogens is 2. The number of benzene rings is 3. The summed E-state index contributed by atoms with van der Waals surface area (Å²) in [5.74, 6) is -1.03. The molecule has 1 aliphatic heterocycles. The molecule has 4 rings (SSSR count). The van der Waals surface area contributed by atoms with Gasteiger partial charge >= 0.3 is 5.97 Å². The normalized spacial score (nSPS) is 15.9. The number of likely N-dealkylation sites (N-methyl/N-ethyl adjacent to an activating group) is 1. The van der Waals surface area contributed by atoms with E-state index in [9.17, 15) is 19.1 Å². The van der Waals surface area contributed by atoms with Crippen molar-refractivity contribution in [1.82, 2.24) is 4.90 Å². The van der Waals surface area contributed by atoms with Gasteiger partial charge in [0, 0.05) is 17.1 Å². The summed E-state index contributed by atoms with van der Waals surface area (Å²) in [7, 11) is 1.61. The minimum atomic E-state index is -1.05. The topological polar surface area (TPSA) is 79.2 Å². The smallest absolute Gasteiger partial charge is 0.335 e. The first-order valence-corrected chi connectivity index (χ1v) is 11.7. The first-order valence-electron chi connectivity index (χ1n) is 10.1. The number of hydrogen-bond donors (Lipinski definition) is 1. The van der Waals surface area contributed by atoms with Crippen LogP contribution >= 0.6 is 27.7 Å². The number of rotatable bonds is 6. The highest BCUT2D eigenvalue weighted by atomic mass is 79.9. The van der Waals surface area contributed by atoms with E-state index in [1.54, 1.807) is 43.5 Å². The van der Waals surface area contributed by atoms with Crippen LogP contribution in [0.2, 0.25) is 0 Å². The quantitative estimate of drug-likeness (QED) is 0.382. The van der Waals surface area contributed by atoms with E-state index in [0.717, 1.165) is 10.0 Å². The van der Waals surface area contributed by atoms with Gasteiger partial charge in [0.25, 0.3) is 5.91 Å². The number of thioether (sulfide) groups is 1. The van der Waals surface area contributed by atoms with Crippen LogP contribution < -0.4 is 4.74 Å². The summed E-state index contributed by atoms with van der Waals surface area (Å²) < 4.78 is 19.9. The molecule has 1 aliphatic rings. The number of ether oxygens (including phenoxy) is 1. The van der Waals surface area contributed by atoms with Gasteiger partial charge in [-0.15, -0.1) is 0 Å². The fourth-order valence-corrected chi connectivity index (χ4v) is 4.47. The van der Waals surface area contributed by atoms with Crippen molar-refractivity contribution in [3.05, 3.63) is 98.6 Å². The molecule has 1 heterocycles. The number of carbonyl (C=O) groups is 2. The van der Waals surface area contributed by atoms with Gasteiger partial charge in [0.1, 0.15) is 18.2 Å². The average Bonchev–Trinajstić information content (AvgIpc) is 3.07. The standard InChI is InChI=1S/C25H18BrFN2O4S/c1-29-23(30)22(34-25(29)28-20-4-2-3-16(12-20)24(31)32)13-17-11-18(26)7-10-21(17)33-14-15-5-8-19(27)9-6-15/h2-13H,14H2,1H3,(H,31,32). The molecule has 0 aromatic heterocycles. The first-order chi connectivity index (χ1) is 16.3. The van der Waals surface area contributed by atoms with Crippen LogP contribution in [0.25, 0.3) is 6.08 Å². The van der Waals surface area contributed by atoms with Crippen molar-refractivity contribution in [2.45, 2.75) is 6.61 Å². The number of amides is 1. The second-order valence-electron chi connectivity index (χ2n) is 7.32. The predicted octanol–water partition coefficient (Wildman–Crippen LogP) is 6.10. The average molecular weight is 541 g/mol. The number of carboxylic acid groups (broad SMARTS) is 1. The monoisotopic (exact) mass is 540 g/mol. The summed E-state index contributed by atoms with van der Waals surface area (Å²) in [4.78, 5) is 30.4. The van der Waals surface area contributed by atoms with Crippen molar-refractivity contribution in [2.75, 3.05) is 7.05 Å². The van der Waals surface area contributed by atoms with Gasteiger partial charge in [0.15, 0.2) is 5.17 Å². The SMILES string of the molecule is CN1C(=O)C(=Cc2cc(Br)ccc2OCc2ccc(F)cc2)SC1=Nc1cccc(C(=O)O)c1. The maximum atomic E-state index is 13.2. The van der Waals surface area contributed by atoms with Crippen LogP contribution in [0.5, 0.6) is 5.75 Å². The van der Waals surface area contributed by atoms with E-state index >= 15 is 0 Å². The molecule has 0 aliphatic carbocycles. The number of carboxylic acids is 1. The Morgan fingerprint density at radius 2 is 1.94 bits per heavy atom. The second kappa shape index (κ2) is 10.2. The predicted molar refractivity (Wildman–Crippen MR) is 134 cm³/mol. The highest BCUT2D eigenvalue weighted by Gasteiger charge is 2.30. The third-order valence-electron chi connectivity index (χ3n) is 4.89. The molecule has 172 valence electrons. The Kier molecular flexibility index (Phi) is 7.14. The maximum absolute atomic E-state index is 13.2. The van der Waals surface area contributed by atoms with Crippen LogP contribution in [0.3, 0.4) is 0 Å². The summed E-state index contributed by atoms with van der Waals surface area (Å²) in [5.41, 5.74) is 2.06. The lowest BCUT2D eigenvalue weighted by Crippen LogP contribution is -2.23. The zero-order valence-corrected chi connectivity index (χ0v) is 20.3. The van der Waals surface area contributed by atoms with Crippen molar-refractivity contribution in [3.8, 4) is 5.75 Å². The molecule has 1 saturated heterocycles.